The van der Waals surface area contributed by atoms with Gasteiger partial charge in [0.25, 0.3) is 0 Å². The van der Waals surface area contributed by atoms with Crippen molar-refractivity contribution in [1.29, 1.82) is 0 Å². The van der Waals surface area contributed by atoms with Gasteiger partial charge in [-0.2, -0.15) is 0 Å². The Morgan fingerprint density at radius 2 is 0.500 bits per heavy atom. The molecule has 0 aliphatic rings. The Morgan fingerprint density at radius 3 is 0.782 bits per heavy atom. The van der Waals surface area contributed by atoms with Crippen LogP contribution in [0.4, 0.5) is 0 Å². The lowest BCUT2D eigenvalue weighted by atomic mass is 10.0. The van der Waals surface area contributed by atoms with Crippen LogP contribution < -0.4 is 0 Å². The molecule has 0 aliphatic heterocycles. The van der Waals surface area contributed by atoms with E-state index in [-0.39, 0.29) is 31.1 Å². The molecule has 452 valence electrons. The van der Waals surface area contributed by atoms with Crippen molar-refractivity contribution in [2.75, 3.05) is 13.2 Å². The third-order valence-corrected chi connectivity index (χ3v) is 15.0. The molecule has 0 rings (SSSR count). The van der Waals surface area contributed by atoms with Gasteiger partial charge in [0.1, 0.15) is 13.2 Å². The molecule has 78 heavy (non-hydrogen) atoms. The van der Waals surface area contributed by atoms with Gasteiger partial charge in [-0.05, 0) is 70.6 Å². The minimum Gasteiger partial charge on any atom is -0.462 e. The molecule has 6 heteroatoms. The van der Waals surface area contributed by atoms with Crippen molar-refractivity contribution in [1.82, 2.24) is 0 Å². The number of carbonyl (C=O) groups is 3. The molecule has 0 aromatic heterocycles. The molecule has 1 atom stereocenters. The van der Waals surface area contributed by atoms with E-state index in [1.807, 2.05) is 0 Å². The minimum atomic E-state index is -0.772. The van der Waals surface area contributed by atoms with Crippen LogP contribution in [0.2, 0.25) is 0 Å². The van der Waals surface area contributed by atoms with E-state index in [2.05, 4.69) is 93.7 Å². The van der Waals surface area contributed by atoms with E-state index in [0.29, 0.717) is 19.3 Å². The van der Waals surface area contributed by atoms with Crippen LogP contribution in [0.25, 0.3) is 0 Å². The Balaban J connectivity index is 4.20. The average molecular weight is 1090 g/mol. The van der Waals surface area contributed by atoms with Crippen molar-refractivity contribution >= 4 is 17.9 Å². The number of ether oxygens (including phenoxy) is 3. The highest BCUT2D eigenvalue weighted by Crippen LogP contribution is 2.18. The van der Waals surface area contributed by atoms with Gasteiger partial charge in [0.15, 0.2) is 6.10 Å². The number of unbranched alkanes of at least 4 members (excludes halogenated alkanes) is 39. The Hall–Kier alpha value is -3.15. The Morgan fingerprint density at radius 1 is 0.269 bits per heavy atom. The van der Waals surface area contributed by atoms with E-state index in [0.717, 1.165) is 96.3 Å². The Bertz CT molecular complexity index is 1440. The van der Waals surface area contributed by atoms with Crippen molar-refractivity contribution in [3.8, 4) is 0 Å². The van der Waals surface area contributed by atoms with Gasteiger partial charge in [-0.1, -0.05) is 331 Å². The SMILES string of the molecule is CC/C=C\C/C=C\C/C=C\C/C=C\C/C=C\C/C=C\CCCCCCCCCCCCCCC(=O)OCC(COC(=O)CCCCCCCCCCCCCCCC)OC(=O)CCCCCCCCCCCCCCCCC. The van der Waals surface area contributed by atoms with E-state index in [1.54, 1.807) is 0 Å². The van der Waals surface area contributed by atoms with E-state index in [9.17, 15) is 14.4 Å². The van der Waals surface area contributed by atoms with E-state index in [1.165, 1.54) is 212 Å². The summed E-state index contributed by atoms with van der Waals surface area (Å²) < 4.78 is 17.0. The first-order valence-corrected chi connectivity index (χ1v) is 33.9. The molecule has 6 nitrogen and oxygen atoms in total. The summed E-state index contributed by atoms with van der Waals surface area (Å²) in [5, 5.41) is 0. The quantitative estimate of drug-likeness (QED) is 0.0261. The summed E-state index contributed by atoms with van der Waals surface area (Å²) >= 11 is 0. The maximum atomic E-state index is 12.9. The largest absolute Gasteiger partial charge is 0.462 e. The van der Waals surface area contributed by atoms with Crippen LogP contribution in [0.15, 0.2) is 72.9 Å². The molecule has 0 N–H and O–H groups in total. The van der Waals surface area contributed by atoms with Crippen molar-refractivity contribution in [3.63, 3.8) is 0 Å². The summed E-state index contributed by atoms with van der Waals surface area (Å²) in [5.41, 5.74) is 0. The third-order valence-electron chi connectivity index (χ3n) is 15.0. The maximum Gasteiger partial charge on any atom is 0.306 e. The number of esters is 3. The van der Waals surface area contributed by atoms with Crippen LogP contribution in [0.1, 0.15) is 348 Å². The fourth-order valence-electron chi connectivity index (χ4n) is 9.92. The normalized spacial score (nSPS) is 12.5. The van der Waals surface area contributed by atoms with E-state index >= 15 is 0 Å². The Labute approximate surface area is 484 Å². The molecule has 0 spiro atoms. The molecular weight excluding hydrogens is 961 g/mol. The van der Waals surface area contributed by atoms with E-state index in [4.69, 9.17) is 14.2 Å². The zero-order valence-corrected chi connectivity index (χ0v) is 51.9. The second kappa shape index (κ2) is 66.4. The fourth-order valence-corrected chi connectivity index (χ4v) is 9.92. The summed E-state index contributed by atoms with van der Waals surface area (Å²) in [5.74, 6) is -0.849. The van der Waals surface area contributed by atoms with Gasteiger partial charge in [0.05, 0.1) is 0 Å². The molecule has 0 aliphatic carbocycles. The first-order chi connectivity index (χ1) is 38.5. The summed E-state index contributed by atoms with van der Waals surface area (Å²) in [6.45, 7) is 6.58. The zero-order chi connectivity index (χ0) is 56.4. The first kappa shape index (κ1) is 74.8. The average Bonchev–Trinajstić information content (AvgIpc) is 3.44. The second-order valence-corrected chi connectivity index (χ2v) is 22.7. The van der Waals surface area contributed by atoms with Crippen molar-refractivity contribution in [2.24, 2.45) is 0 Å². The lowest BCUT2D eigenvalue weighted by molar-refractivity contribution is -0.167. The highest BCUT2D eigenvalue weighted by atomic mass is 16.6. The predicted octanol–water partition coefficient (Wildman–Crippen LogP) is 23.3. The lowest BCUT2D eigenvalue weighted by Crippen LogP contribution is -2.30. The maximum absolute atomic E-state index is 12.9. The molecule has 0 bridgehead atoms. The summed E-state index contributed by atoms with van der Waals surface area (Å²) in [4.78, 5) is 38.3. The standard InChI is InChI=1S/C72H128O6/c1-4-7-10-13-16-19-22-25-28-29-30-31-32-33-34-35-36-37-38-39-40-41-42-43-45-47-50-53-56-59-62-65-71(74)77-68-69(67-76-70(73)64-61-58-55-52-49-46-27-24-21-18-15-12-9-6-3)78-72(75)66-63-60-57-54-51-48-44-26-23-20-17-14-11-8-5-2/h7,10,16,19,25,28,30-31,33-34,36-37,69H,4-6,8-9,11-15,17-18,20-24,26-27,29,32,35,38-68H2,1-3H3/b10-7-,19-16-,28-25-,31-30-,34-33-,37-36-. The molecule has 0 radical (unpaired) electrons. The predicted molar refractivity (Wildman–Crippen MR) is 339 cm³/mol. The summed E-state index contributed by atoms with van der Waals surface area (Å²) in [7, 11) is 0. The van der Waals surface area contributed by atoms with Crippen molar-refractivity contribution in [3.05, 3.63) is 72.9 Å². The molecular formula is C72H128O6. The zero-order valence-electron chi connectivity index (χ0n) is 51.9. The smallest absolute Gasteiger partial charge is 0.306 e. The molecule has 0 amide bonds. The number of rotatable bonds is 62. The molecule has 0 fully saturated rings. The van der Waals surface area contributed by atoms with Crippen LogP contribution in [-0.4, -0.2) is 37.2 Å². The van der Waals surface area contributed by atoms with Gasteiger partial charge in [-0.25, -0.2) is 0 Å². The second-order valence-electron chi connectivity index (χ2n) is 22.7. The van der Waals surface area contributed by atoms with Crippen LogP contribution in [-0.2, 0) is 28.6 Å². The third kappa shape index (κ3) is 63.7. The van der Waals surface area contributed by atoms with Crippen LogP contribution in [0.3, 0.4) is 0 Å². The number of allylic oxidation sites excluding steroid dienone is 12. The molecule has 0 saturated carbocycles. The van der Waals surface area contributed by atoms with Crippen molar-refractivity contribution in [2.45, 2.75) is 354 Å². The fraction of sp³-hybridized carbons (Fsp3) is 0.792. The molecule has 0 aromatic carbocycles. The van der Waals surface area contributed by atoms with Gasteiger partial charge in [0.2, 0.25) is 0 Å². The van der Waals surface area contributed by atoms with Gasteiger partial charge in [0, 0.05) is 19.3 Å². The molecule has 0 saturated heterocycles. The number of hydrogen-bond donors (Lipinski definition) is 0. The highest BCUT2D eigenvalue weighted by Gasteiger charge is 2.19. The topological polar surface area (TPSA) is 78.9 Å². The van der Waals surface area contributed by atoms with Crippen molar-refractivity contribution < 1.29 is 28.6 Å². The number of hydrogen-bond acceptors (Lipinski definition) is 6. The number of carbonyl (C=O) groups excluding carboxylic acids is 3. The van der Waals surface area contributed by atoms with Gasteiger partial charge in [-0.15, -0.1) is 0 Å². The van der Waals surface area contributed by atoms with Crippen LogP contribution in [0, 0.1) is 0 Å². The van der Waals surface area contributed by atoms with Gasteiger partial charge in [-0.3, -0.25) is 14.4 Å². The first-order valence-electron chi connectivity index (χ1n) is 33.9. The molecule has 0 heterocycles. The Kier molecular flexibility index (Phi) is 63.7. The lowest BCUT2D eigenvalue weighted by Gasteiger charge is -2.18. The monoisotopic (exact) mass is 1090 g/mol. The summed E-state index contributed by atoms with van der Waals surface area (Å²) in [6, 6.07) is 0. The minimum absolute atomic E-state index is 0.0691. The van der Waals surface area contributed by atoms with E-state index < -0.39 is 6.10 Å². The molecule has 0 aromatic rings. The molecule has 1 unspecified atom stereocenters. The van der Waals surface area contributed by atoms with Crippen LogP contribution in [0.5, 0.6) is 0 Å². The summed E-state index contributed by atoms with van der Waals surface area (Å²) in [6.07, 6.45) is 86.3. The van der Waals surface area contributed by atoms with Crippen LogP contribution >= 0.6 is 0 Å². The highest BCUT2D eigenvalue weighted by molar-refractivity contribution is 5.71. The van der Waals surface area contributed by atoms with Gasteiger partial charge < -0.3 is 14.2 Å². The van der Waals surface area contributed by atoms with Gasteiger partial charge >= 0.3 is 17.9 Å².